The normalized spacial score (nSPS) is 25.2. The zero-order valence-corrected chi connectivity index (χ0v) is 21.3. The summed E-state index contributed by atoms with van der Waals surface area (Å²) in [6.45, 7) is 15.0. The number of fused-ring (bicyclic) bond motifs is 4. The lowest BCUT2D eigenvalue weighted by molar-refractivity contribution is 0.828. The number of rotatable bonds is 5. The van der Waals surface area contributed by atoms with Crippen LogP contribution in [-0.4, -0.2) is 29.0 Å². The van der Waals surface area contributed by atoms with Gasteiger partial charge < -0.3 is 5.32 Å². The van der Waals surface area contributed by atoms with Gasteiger partial charge in [-0.05, 0) is 56.5 Å². The van der Waals surface area contributed by atoms with E-state index in [2.05, 4.69) is 72.5 Å². The van der Waals surface area contributed by atoms with Crippen LogP contribution in [0, 0.1) is 18.8 Å². The highest BCUT2D eigenvalue weighted by atomic mass is 32.1. The second-order valence-electron chi connectivity index (χ2n) is 7.66. The van der Waals surface area contributed by atoms with Crippen LogP contribution in [0.2, 0.25) is 0 Å². The van der Waals surface area contributed by atoms with Crippen molar-refractivity contribution in [3.05, 3.63) is 58.8 Å². The van der Waals surface area contributed by atoms with E-state index in [4.69, 9.17) is 4.99 Å². The topological polar surface area (TPSA) is 49.6 Å². The van der Waals surface area contributed by atoms with Gasteiger partial charge in [-0.2, -0.15) is 0 Å². The highest BCUT2D eigenvalue weighted by Crippen LogP contribution is 2.55. The fourth-order valence-corrected chi connectivity index (χ4v) is 5.30. The predicted octanol–water partition coefficient (Wildman–Crippen LogP) is 7.39. The molecular weight excluding hydrogens is 412 g/mol. The third kappa shape index (κ3) is 4.36. The first-order valence-electron chi connectivity index (χ1n) is 11.9. The summed E-state index contributed by atoms with van der Waals surface area (Å²) < 4.78 is 1.23. The fourth-order valence-electron chi connectivity index (χ4n) is 4.44. The minimum atomic E-state index is -0.0498. The third-order valence-electron chi connectivity index (χ3n) is 5.90. The van der Waals surface area contributed by atoms with Gasteiger partial charge in [0.1, 0.15) is 0 Å². The van der Waals surface area contributed by atoms with Gasteiger partial charge in [-0.25, -0.2) is 4.98 Å². The second-order valence-corrected chi connectivity index (χ2v) is 8.89. The molecule has 1 saturated carbocycles. The molecule has 1 fully saturated rings. The number of hydrogen-bond acceptors (Lipinski definition) is 5. The van der Waals surface area contributed by atoms with Crippen LogP contribution in [0.15, 0.2) is 63.8 Å². The van der Waals surface area contributed by atoms with Gasteiger partial charge in [0.2, 0.25) is 0 Å². The maximum atomic E-state index is 4.90. The molecule has 1 aliphatic heterocycles. The number of aryl methyl sites for hydroxylation is 1. The van der Waals surface area contributed by atoms with Crippen molar-refractivity contribution in [2.75, 3.05) is 11.9 Å². The van der Waals surface area contributed by atoms with E-state index in [-0.39, 0.29) is 11.5 Å². The number of thiazole rings is 1. The third-order valence-corrected chi connectivity index (χ3v) is 6.83. The quantitative estimate of drug-likeness (QED) is 0.383. The molecule has 0 amide bonds. The first-order chi connectivity index (χ1) is 15.6. The van der Waals surface area contributed by atoms with Crippen molar-refractivity contribution in [3.63, 3.8) is 0 Å². The molecule has 3 unspecified atom stereocenters. The van der Waals surface area contributed by atoms with E-state index in [1.54, 1.807) is 11.3 Å². The lowest BCUT2D eigenvalue weighted by atomic mass is 9.82. The Hall–Kier alpha value is -2.53. The van der Waals surface area contributed by atoms with Gasteiger partial charge in [0, 0.05) is 36.5 Å². The zero-order chi connectivity index (χ0) is 23.3. The smallest absolute Gasteiger partial charge is 0.0907 e. The molecule has 2 aliphatic carbocycles. The van der Waals surface area contributed by atoms with E-state index >= 15 is 0 Å². The van der Waals surface area contributed by atoms with Crippen LogP contribution in [0.1, 0.15) is 53.0 Å². The number of benzene rings is 1. The number of allylic oxidation sites excluding steroid dienone is 4. The number of anilines is 1. The average molecular weight is 449 g/mol. The Morgan fingerprint density at radius 3 is 2.75 bits per heavy atom. The van der Waals surface area contributed by atoms with Crippen molar-refractivity contribution in [3.8, 4) is 0 Å². The van der Waals surface area contributed by atoms with Gasteiger partial charge >= 0.3 is 0 Å². The molecular formula is C27H36N4S. The lowest BCUT2D eigenvalue weighted by Gasteiger charge is -2.28. The van der Waals surface area contributed by atoms with Crippen molar-refractivity contribution in [2.45, 2.75) is 60.4 Å². The minimum Gasteiger partial charge on any atom is -0.374 e. The molecule has 1 aromatic heterocycles. The molecule has 2 heterocycles. The fraction of sp³-hybridized carbons (Fsp3) is 0.444. The second kappa shape index (κ2) is 10.4. The summed E-state index contributed by atoms with van der Waals surface area (Å²) in [4.78, 5) is 13.9. The van der Waals surface area contributed by atoms with Gasteiger partial charge in [-0.3, -0.25) is 9.98 Å². The molecule has 1 N–H and O–H groups in total. The average Bonchev–Trinajstić information content (AvgIpc) is 3.17. The first kappa shape index (κ1) is 24.1. The van der Waals surface area contributed by atoms with E-state index in [0.717, 1.165) is 29.2 Å². The van der Waals surface area contributed by atoms with Crippen molar-refractivity contribution < 1.29 is 0 Å². The molecule has 0 spiro atoms. The van der Waals surface area contributed by atoms with E-state index in [1.807, 2.05) is 40.1 Å². The van der Waals surface area contributed by atoms with Crippen molar-refractivity contribution in [1.29, 1.82) is 0 Å². The van der Waals surface area contributed by atoms with Gasteiger partial charge in [0.15, 0.2) is 0 Å². The SMILES string of the molecule is C/C=C(\C=NCC)C1=CN=C2C1C=CC1CC21Nc1ccc2nc(C)sc2c1.CC.CC. The van der Waals surface area contributed by atoms with E-state index < -0.39 is 0 Å². The summed E-state index contributed by atoms with van der Waals surface area (Å²) in [5.74, 6) is 0.766. The van der Waals surface area contributed by atoms with E-state index in [9.17, 15) is 0 Å². The molecule has 5 rings (SSSR count). The molecule has 4 nitrogen and oxygen atoms in total. The van der Waals surface area contributed by atoms with Crippen molar-refractivity contribution in [1.82, 2.24) is 4.98 Å². The molecule has 0 saturated heterocycles. The number of aromatic nitrogens is 1. The summed E-state index contributed by atoms with van der Waals surface area (Å²) in [5, 5.41) is 4.94. The Morgan fingerprint density at radius 2 is 2.03 bits per heavy atom. The molecule has 3 aliphatic rings. The molecule has 0 radical (unpaired) electrons. The van der Waals surface area contributed by atoms with Crippen molar-refractivity contribution in [2.24, 2.45) is 21.8 Å². The Kier molecular flexibility index (Phi) is 7.83. The Labute approximate surface area is 197 Å². The zero-order valence-electron chi connectivity index (χ0n) is 20.4. The predicted molar refractivity (Wildman–Crippen MR) is 142 cm³/mol. The molecule has 3 atom stereocenters. The van der Waals surface area contributed by atoms with E-state index in [1.165, 1.54) is 21.6 Å². The van der Waals surface area contributed by atoms with Crippen LogP contribution in [0.3, 0.4) is 0 Å². The first-order valence-corrected chi connectivity index (χ1v) is 12.7. The molecule has 32 heavy (non-hydrogen) atoms. The number of hydrogen-bond donors (Lipinski definition) is 1. The Balaban J connectivity index is 0.000000686. The van der Waals surface area contributed by atoms with Crippen LogP contribution in [0.5, 0.6) is 0 Å². The summed E-state index contributed by atoms with van der Waals surface area (Å²) in [7, 11) is 0. The summed E-state index contributed by atoms with van der Waals surface area (Å²) in [5.41, 5.74) is 5.86. The van der Waals surface area contributed by atoms with Gasteiger partial charge in [0.25, 0.3) is 0 Å². The molecule has 1 aromatic carbocycles. The Bertz CT molecular complexity index is 1100. The highest BCUT2D eigenvalue weighted by Gasteiger charge is 2.61. The van der Waals surface area contributed by atoms with Gasteiger partial charge in [0.05, 0.1) is 26.5 Å². The van der Waals surface area contributed by atoms with Crippen LogP contribution >= 0.6 is 11.3 Å². The maximum Gasteiger partial charge on any atom is 0.0907 e. The highest BCUT2D eigenvalue weighted by molar-refractivity contribution is 7.18. The maximum absolute atomic E-state index is 4.90. The summed E-state index contributed by atoms with van der Waals surface area (Å²) >= 11 is 1.75. The molecule has 0 bridgehead atoms. The molecule has 5 heteroatoms. The monoisotopic (exact) mass is 448 g/mol. The van der Waals surface area contributed by atoms with Gasteiger partial charge in [-0.1, -0.05) is 45.9 Å². The number of nitrogens with zero attached hydrogens (tertiary/aromatic N) is 3. The van der Waals surface area contributed by atoms with Crippen LogP contribution < -0.4 is 5.32 Å². The van der Waals surface area contributed by atoms with Gasteiger partial charge in [-0.15, -0.1) is 11.3 Å². The number of aliphatic imine (C=N–C) groups is 2. The number of nitrogens with one attached hydrogen (secondary N) is 1. The molecule has 170 valence electrons. The van der Waals surface area contributed by atoms with E-state index in [0.29, 0.717) is 5.92 Å². The largest absolute Gasteiger partial charge is 0.374 e. The van der Waals surface area contributed by atoms with Crippen LogP contribution in [0.4, 0.5) is 5.69 Å². The minimum absolute atomic E-state index is 0.0498. The van der Waals surface area contributed by atoms with Crippen LogP contribution in [0.25, 0.3) is 10.2 Å². The van der Waals surface area contributed by atoms with Crippen molar-refractivity contribution >= 4 is 39.2 Å². The Morgan fingerprint density at radius 1 is 1.25 bits per heavy atom. The van der Waals surface area contributed by atoms with Crippen LogP contribution in [-0.2, 0) is 0 Å². The summed E-state index contributed by atoms with van der Waals surface area (Å²) in [6, 6.07) is 6.49. The molecule has 2 aromatic rings. The lowest BCUT2D eigenvalue weighted by Crippen LogP contribution is -2.39. The standard InChI is InChI=1S/C23H24N4S.2C2H6/c1-4-15(12-24-5-2)19-13-25-22-18(19)8-6-16-11-23(16,22)27-17-7-9-20-21(10-17)28-14(3)26-20;2*1-2/h4,6-10,12-13,16,18,27H,5,11H2,1-3H3;2*1-2H3/b15-4+,24-12?;;. The summed E-state index contributed by atoms with van der Waals surface area (Å²) in [6.07, 6.45) is 12.0.